The van der Waals surface area contributed by atoms with Gasteiger partial charge in [-0.05, 0) is 37.1 Å². The Bertz CT molecular complexity index is 560. The number of rotatable bonds is 3. The quantitative estimate of drug-likeness (QED) is 0.794. The van der Waals surface area contributed by atoms with Crippen molar-refractivity contribution in [3.8, 4) is 0 Å². The van der Waals surface area contributed by atoms with Gasteiger partial charge in [0.05, 0.1) is 6.26 Å². The fourth-order valence-electron chi connectivity index (χ4n) is 2.30. The van der Waals surface area contributed by atoms with Gasteiger partial charge in [-0.2, -0.15) is 0 Å². The summed E-state index contributed by atoms with van der Waals surface area (Å²) in [7, 11) is -3.17. The van der Waals surface area contributed by atoms with Crippen LogP contribution in [-0.4, -0.2) is 37.9 Å². The lowest BCUT2D eigenvalue weighted by atomic mass is 9.90. The maximum absolute atomic E-state index is 12.8. The largest absolute Gasteiger partial charge is 0.294 e. The number of halogens is 1. The molecule has 104 valence electrons. The Kier molecular flexibility index (Phi) is 4.01. The summed E-state index contributed by atoms with van der Waals surface area (Å²) in [5.74, 6) is -0.583. The maximum atomic E-state index is 12.8. The molecule has 4 nitrogen and oxygen atoms in total. The minimum Gasteiger partial charge on any atom is -0.294 e. The second kappa shape index (κ2) is 5.38. The highest BCUT2D eigenvalue weighted by Gasteiger charge is 2.29. The van der Waals surface area contributed by atoms with Gasteiger partial charge in [0, 0.05) is 24.6 Å². The molecule has 0 atom stereocenters. The molecule has 0 bridgehead atoms. The average molecular weight is 285 g/mol. The molecule has 1 aromatic rings. The summed E-state index contributed by atoms with van der Waals surface area (Å²) in [6.45, 7) is 0.743. The van der Waals surface area contributed by atoms with Gasteiger partial charge in [-0.15, -0.1) is 0 Å². The second-order valence-electron chi connectivity index (χ2n) is 4.81. The van der Waals surface area contributed by atoms with Crippen LogP contribution in [0.15, 0.2) is 24.3 Å². The lowest BCUT2D eigenvalue weighted by molar-refractivity contribution is 0.0875. The van der Waals surface area contributed by atoms with Crippen molar-refractivity contribution >= 4 is 15.8 Å². The van der Waals surface area contributed by atoms with E-state index >= 15 is 0 Å². The Morgan fingerprint density at radius 1 is 1.21 bits per heavy atom. The van der Waals surface area contributed by atoms with E-state index in [1.165, 1.54) is 34.8 Å². The zero-order chi connectivity index (χ0) is 14.0. The average Bonchev–Trinajstić information content (AvgIpc) is 2.38. The highest BCUT2D eigenvalue weighted by atomic mass is 32.2. The molecule has 1 aliphatic heterocycles. The summed E-state index contributed by atoms with van der Waals surface area (Å²) in [5.41, 5.74) is 0.485. The normalized spacial score (nSPS) is 18.4. The third-order valence-corrected chi connectivity index (χ3v) is 4.73. The van der Waals surface area contributed by atoms with E-state index in [0.717, 1.165) is 0 Å². The van der Waals surface area contributed by atoms with Crippen molar-refractivity contribution in [1.29, 1.82) is 0 Å². The molecular formula is C13H16FNO3S. The maximum Gasteiger partial charge on any atom is 0.211 e. The summed E-state index contributed by atoms with van der Waals surface area (Å²) in [5, 5.41) is 0. The number of ketones is 1. The van der Waals surface area contributed by atoms with Gasteiger partial charge in [0.1, 0.15) is 5.82 Å². The van der Waals surface area contributed by atoms with Crippen LogP contribution in [0.25, 0.3) is 0 Å². The minimum absolute atomic E-state index is 0.0341. The van der Waals surface area contributed by atoms with Crippen LogP contribution in [0.5, 0.6) is 0 Å². The number of carbonyl (C=O) groups is 1. The predicted molar refractivity (Wildman–Crippen MR) is 69.9 cm³/mol. The number of Topliss-reactive ketones (excluding diaryl/α,β-unsaturated/α-hetero) is 1. The van der Waals surface area contributed by atoms with E-state index in [4.69, 9.17) is 0 Å². The Labute approximate surface area is 112 Å². The molecule has 0 spiro atoms. The number of hydrogen-bond acceptors (Lipinski definition) is 3. The first kappa shape index (κ1) is 14.1. The van der Waals surface area contributed by atoms with E-state index in [-0.39, 0.29) is 17.5 Å². The first-order chi connectivity index (χ1) is 8.88. The van der Waals surface area contributed by atoms with Crippen LogP contribution in [0.3, 0.4) is 0 Å². The molecule has 19 heavy (non-hydrogen) atoms. The highest BCUT2D eigenvalue weighted by Crippen LogP contribution is 2.23. The van der Waals surface area contributed by atoms with Gasteiger partial charge in [-0.25, -0.2) is 17.1 Å². The third-order valence-electron chi connectivity index (χ3n) is 3.42. The van der Waals surface area contributed by atoms with E-state index in [2.05, 4.69) is 0 Å². The van der Waals surface area contributed by atoms with Crippen LogP contribution in [0, 0.1) is 11.7 Å². The van der Waals surface area contributed by atoms with Crippen LogP contribution in [0.1, 0.15) is 23.2 Å². The molecule has 2 rings (SSSR count). The smallest absolute Gasteiger partial charge is 0.211 e. The molecule has 0 amide bonds. The molecule has 1 aromatic carbocycles. The summed E-state index contributed by atoms with van der Waals surface area (Å²) < 4.78 is 36.9. The third kappa shape index (κ3) is 3.39. The number of nitrogens with zero attached hydrogens (tertiary/aromatic N) is 1. The van der Waals surface area contributed by atoms with Crippen molar-refractivity contribution in [2.75, 3.05) is 19.3 Å². The van der Waals surface area contributed by atoms with Crippen molar-refractivity contribution in [2.45, 2.75) is 12.8 Å². The van der Waals surface area contributed by atoms with Crippen LogP contribution in [-0.2, 0) is 10.0 Å². The first-order valence-corrected chi connectivity index (χ1v) is 7.97. The molecule has 1 heterocycles. The van der Waals surface area contributed by atoms with Crippen molar-refractivity contribution in [3.63, 3.8) is 0 Å². The molecule has 1 saturated heterocycles. The van der Waals surface area contributed by atoms with Crippen LogP contribution >= 0.6 is 0 Å². The lowest BCUT2D eigenvalue weighted by Gasteiger charge is -2.29. The van der Waals surface area contributed by atoms with Crippen LogP contribution in [0.4, 0.5) is 4.39 Å². The topological polar surface area (TPSA) is 54.5 Å². The Morgan fingerprint density at radius 2 is 1.74 bits per heavy atom. The molecule has 6 heteroatoms. The monoisotopic (exact) mass is 285 g/mol. The van der Waals surface area contributed by atoms with Gasteiger partial charge >= 0.3 is 0 Å². The second-order valence-corrected chi connectivity index (χ2v) is 6.79. The Hall–Kier alpha value is -1.27. The van der Waals surface area contributed by atoms with E-state index in [9.17, 15) is 17.6 Å². The molecule has 0 unspecified atom stereocenters. The van der Waals surface area contributed by atoms with Gasteiger partial charge < -0.3 is 0 Å². The molecule has 0 aliphatic carbocycles. The molecule has 1 aliphatic rings. The van der Waals surface area contributed by atoms with Crippen LogP contribution in [0.2, 0.25) is 0 Å². The molecular weight excluding hydrogens is 269 g/mol. The number of carbonyl (C=O) groups excluding carboxylic acids is 1. The van der Waals surface area contributed by atoms with Gasteiger partial charge in [0.2, 0.25) is 10.0 Å². The first-order valence-electron chi connectivity index (χ1n) is 6.13. The number of benzene rings is 1. The summed E-state index contributed by atoms with van der Waals surface area (Å²) >= 11 is 0. The Morgan fingerprint density at radius 3 is 2.21 bits per heavy atom. The van der Waals surface area contributed by atoms with Gasteiger partial charge in [0.15, 0.2) is 5.78 Å². The van der Waals surface area contributed by atoms with E-state index in [1.54, 1.807) is 0 Å². The summed E-state index contributed by atoms with van der Waals surface area (Å²) in [6, 6.07) is 5.47. The van der Waals surface area contributed by atoms with Crippen molar-refractivity contribution in [2.24, 2.45) is 5.92 Å². The standard InChI is InChI=1S/C13H16FNO3S/c1-19(17,18)15-8-6-11(7-9-15)13(16)10-2-4-12(14)5-3-10/h2-5,11H,6-9H2,1H3. The molecule has 0 saturated carbocycles. The number of hydrogen-bond donors (Lipinski definition) is 0. The molecule has 1 fully saturated rings. The van der Waals surface area contributed by atoms with Gasteiger partial charge in [-0.1, -0.05) is 0 Å². The molecule has 0 N–H and O–H groups in total. The van der Waals surface area contributed by atoms with Crippen molar-refractivity contribution in [3.05, 3.63) is 35.6 Å². The number of sulfonamides is 1. The zero-order valence-corrected chi connectivity index (χ0v) is 11.5. The summed E-state index contributed by atoms with van der Waals surface area (Å²) in [6.07, 6.45) is 2.21. The fraction of sp³-hybridized carbons (Fsp3) is 0.462. The van der Waals surface area contributed by atoms with Gasteiger partial charge in [0.25, 0.3) is 0 Å². The zero-order valence-electron chi connectivity index (χ0n) is 10.7. The van der Waals surface area contributed by atoms with Gasteiger partial charge in [-0.3, -0.25) is 4.79 Å². The molecule has 0 radical (unpaired) electrons. The highest BCUT2D eigenvalue weighted by molar-refractivity contribution is 7.88. The summed E-state index contributed by atoms with van der Waals surface area (Å²) in [4.78, 5) is 12.2. The number of piperidine rings is 1. The fourth-order valence-corrected chi connectivity index (χ4v) is 3.17. The van der Waals surface area contributed by atoms with Crippen LogP contribution < -0.4 is 0 Å². The predicted octanol–water partition coefficient (Wildman–Crippen LogP) is 1.68. The molecule has 0 aromatic heterocycles. The van der Waals surface area contributed by atoms with E-state index in [1.807, 2.05) is 0 Å². The SMILES string of the molecule is CS(=O)(=O)N1CCC(C(=O)c2ccc(F)cc2)CC1. The van der Waals surface area contributed by atoms with Crippen molar-refractivity contribution in [1.82, 2.24) is 4.31 Å². The minimum atomic E-state index is -3.17. The van der Waals surface area contributed by atoms with Crippen molar-refractivity contribution < 1.29 is 17.6 Å². The lowest BCUT2D eigenvalue weighted by Crippen LogP contribution is -2.39. The van der Waals surface area contributed by atoms with E-state index < -0.39 is 10.0 Å². The Balaban J connectivity index is 2.02. The van der Waals surface area contributed by atoms with E-state index in [0.29, 0.717) is 31.5 Å².